The molecule has 0 radical (unpaired) electrons. The van der Waals surface area contributed by atoms with Crippen LogP contribution in [0.3, 0.4) is 0 Å². The van der Waals surface area contributed by atoms with Crippen molar-refractivity contribution in [1.29, 1.82) is 0 Å². The Morgan fingerprint density at radius 2 is 1.83 bits per heavy atom. The summed E-state index contributed by atoms with van der Waals surface area (Å²) < 4.78 is 0. The lowest BCUT2D eigenvalue weighted by Gasteiger charge is -2.28. The normalized spacial score (nSPS) is 14.8. The summed E-state index contributed by atoms with van der Waals surface area (Å²) in [5.41, 5.74) is -0.340. The molecule has 2 nitrogen and oxygen atoms in total. The molecule has 2 N–H and O–H groups in total. The minimum absolute atomic E-state index is 0.0558. The van der Waals surface area contributed by atoms with Crippen LogP contribution in [0.5, 0.6) is 0 Å². The first-order valence-electron chi connectivity index (χ1n) is 4.83. The van der Waals surface area contributed by atoms with Crippen molar-refractivity contribution in [2.75, 3.05) is 6.61 Å². The maximum Gasteiger partial charge on any atom is 0.0613 e. The summed E-state index contributed by atoms with van der Waals surface area (Å²) in [5, 5.41) is 18.6. The molecule has 12 heavy (non-hydrogen) atoms. The van der Waals surface area contributed by atoms with Crippen molar-refractivity contribution in [2.24, 2.45) is 5.41 Å². The molecule has 2 heteroatoms. The van der Waals surface area contributed by atoms with E-state index in [1.807, 2.05) is 13.8 Å². The third kappa shape index (κ3) is 4.07. The van der Waals surface area contributed by atoms with Crippen molar-refractivity contribution in [3.8, 4) is 0 Å². The topological polar surface area (TPSA) is 40.5 Å². The van der Waals surface area contributed by atoms with Crippen LogP contribution in [0.25, 0.3) is 0 Å². The molecule has 74 valence electrons. The highest BCUT2D eigenvalue weighted by molar-refractivity contribution is 4.76. The Morgan fingerprint density at radius 1 is 1.25 bits per heavy atom. The van der Waals surface area contributed by atoms with Gasteiger partial charge in [-0.3, -0.25) is 0 Å². The van der Waals surface area contributed by atoms with Crippen LogP contribution >= 0.6 is 0 Å². The number of aliphatic hydroxyl groups is 2. The van der Waals surface area contributed by atoms with Crippen LogP contribution in [0.2, 0.25) is 0 Å². The first-order chi connectivity index (χ1) is 5.54. The second-order valence-corrected chi connectivity index (χ2v) is 4.16. The highest BCUT2D eigenvalue weighted by Crippen LogP contribution is 2.23. The molecule has 0 spiro atoms. The van der Waals surface area contributed by atoms with Crippen LogP contribution in [-0.2, 0) is 0 Å². The third-order valence-electron chi connectivity index (χ3n) is 2.39. The summed E-state index contributed by atoms with van der Waals surface area (Å²) in [7, 11) is 0. The number of unbranched alkanes of at least 4 members (excludes halogenated alkanes) is 2. The van der Waals surface area contributed by atoms with Gasteiger partial charge in [-0.25, -0.2) is 0 Å². The average Bonchev–Trinajstić information content (AvgIpc) is 2.05. The van der Waals surface area contributed by atoms with Crippen molar-refractivity contribution < 1.29 is 10.2 Å². The molecule has 0 bridgehead atoms. The summed E-state index contributed by atoms with van der Waals surface area (Å²) in [6, 6.07) is 0. The van der Waals surface area contributed by atoms with Gasteiger partial charge < -0.3 is 10.2 Å². The molecule has 1 atom stereocenters. The van der Waals surface area contributed by atoms with E-state index in [9.17, 15) is 5.11 Å². The Labute approximate surface area is 75.6 Å². The lowest BCUT2D eigenvalue weighted by Crippen LogP contribution is -2.32. The zero-order chi connectivity index (χ0) is 9.61. The Morgan fingerprint density at radius 3 is 2.25 bits per heavy atom. The average molecular weight is 174 g/mol. The van der Waals surface area contributed by atoms with Crippen LogP contribution in [-0.4, -0.2) is 22.9 Å². The van der Waals surface area contributed by atoms with E-state index in [2.05, 4.69) is 6.92 Å². The SMILES string of the molecule is CCCCCC(O)C(C)(C)CO. The van der Waals surface area contributed by atoms with Crippen molar-refractivity contribution in [2.45, 2.75) is 52.6 Å². The van der Waals surface area contributed by atoms with Gasteiger partial charge in [-0.15, -0.1) is 0 Å². The Balaban J connectivity index is 3.63. The first-order valence-corrected chi connectivity index (χ1v) is 4.83. The molecule has 0 aliphatic carbocycles. The van der Waals surface area contributed by atoms with E-state index in [0.717, 1.165) is 12.8 Å². The predicted octanol–water partition coefficient (Wildman–Crippen LogP) is 1.95. The van der Waals surface area contributed by atoms with Crippen LogP contribution < -0.4 is 0 Å². The molecule has 0 aliphatic rings. The molecule has 0 heterocycles. The Bertz CT molecular complexity index is 110. The fourth-order valence-electron chi connectivity index (χ4n) is 1.08. The van der Waals surface area contributed by atoms with E-state index >= 15 is 0 Å². The first kappa shape index (κ1) is 11.9. The molecule has 0 aromatic rings. The van der Waals surface area contributed by atoms with Gasteiger partial charge in [-0.2, -0.15) is 0 Å². The van der Waals surface area contributed by atoms with Crippen LogP contribution in [0, 0.1) is 5.41 Å². The molecule has 0 aromatic carbocycles. The lowest BCUT2D eigenvalue weighted by molar-refractivity contribution is 0.00150. The van der Waals surface area contributed by atoms with Gasteiger partial charge in [-0.1, -0.05) is 40.0 Å². The van der Waals surface area contributed by atoms with E-state index in [1.54, 1.807) is 0 Å². The van der Waals surface area contributed by atoms with Crippen molar-refractivity contribution in [3.63, 3.8) is 0 Å². The van der Waals surface area contributed by atoms with Crippen LogP contribution in [0.1, 0.15) is 46.5 Å². The summed E-state index contributed by atoms with van der Waals surface area (Å²) in [6.07, 6.45) is 3.84. The zero-order valence-electron chi connectivity index (χ0n) is 8.51. The third-order valence-corrected chi connectivity index (χ3v) is 2.39. The quantitative estimate of drug-likeness (QED) is 0.604. The van der Waals surface area contributed by atoms with E-state index in [1.165, 1.54) is 12.8 Å². The summed E-state index contributed by atoms with van der Waals surface area (Å²) in [6.45, 7) is 5.98. The molecule has 1 unspecified atom stereocenters. The van der Waals surface area contributed by atoms with E-state index in [0.29, 0.717) is 0 Å². The Kier molecular flexibility index (Phi) is 5.51. The molecule has 0 aliphatic heterocycles. The maximum absolute atomic E-state index is 9.64. The summed E-state index contributed by atoms with van der Waals surface area (Å²) >= 11 is 0. The van der Waals surface area contributed by atoms with Gasteiger partial charge in [0.25, 0.3) is 0 Å². The molecule has 0 amide bonds. The van der Waals surface area contributed by atoms with Crippen molar-refractivity contribution in [1.82, 2.24) is 0 Å². The highest BCUT2D eigenvalue weighted by atomic mass is 16.3. The van der Waals surface area contributed by atoms with Crippen molar-refractivity contribution in [3.05, 3.63) is 0 Å². The monoisotopic (exact) mass is 174 g/mol. The largest absolute Gasteiger partial charge is 0.396 e. The van der Waals surface area contributed by atoms with Gasteiger partial charge in [0, 0.05) is 5.41 Å². The van der Waals surface area contributed by atoms with Gasteiger partial charge in [0.15, 0.2) is 0 Å². The molecule has 0 aromatic heterocycles. The van der Waals surface area contributed by atoms with Gasteiger partial charge in [0.05, 0.1) is 12.7 Å². The second kappa shape index (κ2) is 5.55. The van der Waals surface area contributed by atoms with Gasteiger partial charge >= 0.3 is 0 Å². The smallest absolute Gasteiger partial charge is 0.0613 e. The predicted molar refractivity (Wildman–Crippen MR) is 51.0 cm³/mol. The van der Waals surface area contributed by atoms with E-state index in [4.69, 9.17) is 5.11 Å². The van der Waals surface area contributed by atoms with Gasteiger partial charge in [0.2, 0.25) is 0 Å². The second-order valence-electron chi connectivity index (χ2n) is 4.16. The number of hydrogen-bond acceptors (Lipinski definition) is 2. The van der Waals surface area contributed by atoms with Gasteiger partial charge in [-0.05, 0) is 6.42 Å². The highest BCUT2D eigenvalue weighted by Gasteiger charge is 2.25. The molecule has 0 rings (SSSR count). The fraction of sp³-hybridized carbons (Fsp3) is 1.00. The standard InChI is InChI=1S/C10H22O2/c1-4-5-6-7-9(12)10(2,3)8-11/h9,11-12H,4-8H2,1-3H3. The Hall–Kier alpha value is -0.0800. The van der Waals surface area contributed by atoms with E-state index in [-0.39, 0.29) is 18.1 Å². The summed E-state index contributed by atoms with van der Waals surface area (Å²) in [5.74, 6) is 0. The molecule has 0 fully saturated rings. The minimum Gasteiger partial charge on any atom is -0.396 e. The fourth-order valence-corrected chi connectivity index (χ4v) is 1.08. The lowest BCUT2D eigenvalue weighted by atomic mass is 9.85. The maximum atomic E-state index is 9.64. The molecular formula is C10H22O2. The molecular weight excluding hydrogens is 152 g/mol. The number of aliphatic hydroxyl groups excluding tert-OH is 2. The van der Waals surface area contributed by atoms with Crippen LogP contribution in [0.4, 0.5) is 0 Å². The van der Waals surface area contributed by atoms with Gasteiger partial charge in [0.1, 0.15) is 0 Å². The van der Waals surface area contributed by atoms with E-state index < -0.39 is 0 Å². The molecule has 0 saturated heterocycles. The summed E-state index contributed by atoms with van der Waals surface area (Å²) in [4.78, 5) is 0. The van der Waals surface area contributed by atoms with Crippen LogP contribution in [0.15, 0.2) is 0 Å². The zero-order valence-corrected chi connectivity index (χ0v) is 8.51. The molecule has 0 saturated carbocycles. The number of hydrogen-bond donors (Lipinski definition) is 2. The minimum atomic E-state index is -0.367. The van der Waals surface area contributed by atoms with Crippen molar-refractivity contribution >= 4 is 0 Å². The number of rotatable bonds is 6.